The molecule has 0 aromatic rings. The maximum atomic E-state index is 2.56. The molecule has 0 unspecified atom stereocenters. The molecule has 2 heteroatoms. The van der Waals surface area contributed by atoms with E-state index in [9.17, 15) is 0 Å². The molecule has 0 aliphatic rings. The highest BCUT2D eigenvalue weighted by Crippen LogP contribution is 2.56. The summed E-state index contributed by atoms with van der Waals surface area (Å²) in [7, 11) is -0.469. The van der Waals surface area contributed by atoms with Gasteiger partial charge in [-0.05, 0) is 19.3 Å². The van der Waals surface area contributed by atoms with Crippen molar-refractivity contribution in [1.29, 1.82) is 0 Å². The quantitative estimate of drug-likeness (QED) is 0.590. The van der Waals surface area contributed by atoms with Crippen molar-refractivity contribution >= 4 is 7.26 Å². The van der Waals surface area contributed by atoms with E-state index in [1.807, 2.05) is 0 Å². The number of hydrogen-bond donors (Lipinski definition) is 0. The second-order valence-corrected chi connectivity index (χ2v) is 8.37. The molecule has 0 fully saturated rings. The van der Waals surface area contributed by atoms with Crippen LogP contribution in [0, 0.1) is 0 Å². The van der Waals surface area contributed by atoms with Gasteiger partial charge in [-0.2, -0.15) is 0 Å². The monoisotopic (exact) mass is 192 g/mol. The molecule has 0 aromatic heterocycles. The van der Waals surface area contributed by atoms with Crippen molar-refractivity contribution in [3.05, 3.63) is 0 Å². The molecule has 12 heavy (non-hydrogen) atoms. The maximum Gasteiger partial charge on any atom is 0.0589 e. The summed E-state index contributed by atoms with van der Waals surface area (Å²) in [5, 5.41) is 0. The first-order valence-electron chi connectivity index (χ1n) is 5.02. The van der Waals surface area contributed by atoms with Crippen LogP contribution in [-0.2, 0) is 0 Å². The van der Waals surface area contributed by atoms with Crippen LogP contribution in [0.2, 0.25) is 0 Å². The third-order valence-corrected chi connectivity index (χ3v) is 6.87. The van der Waals surface area contributed by atoms with Gasteiger partial charge in [0.25, 0.3) is 0 Å². The van der Waals surface area contributed by atoms with Gasteiger partial charge in [-0.3, -0.25) is 0 Å². The van der Waals surface area contributed by atoms with Crippen molar-refractivity contribution < 1.29 is 5.48 Å². The summed E-state index contributed by atoms with van der Waals surface area (Å²) in [6, 6.07) is 0. The Balaban J connectivity index is 0. The van der Waals surface area contributed by atoms with Crippen LogP contribution in [0.15, 0.2) is 0 Å². The van der Waals surface area contributed by atoms with E-state index < -0.39 is 7.26 Å². The zero-order chi connectivity index (χ0) is 8.74. The van der Waals surface area contributed by atoms with E-state index >= 15 is 0 Å². The predicted octanol–water partition coefficient (Wildman–Crippen LogP) is 3.69. The van der Waals surface area contributed by atoms with Crippen molar-refractivity contribution in [2.75, 3.05) is 25.2 Å². The minimum atomic E-state index is -0.469. The van der Waals surface area contributed by atoms with Crippen molar-refractivity contribution in [3.63, 3.8) is 0 Å². The lowest BCUT2D eigenvalue weighted by atomic mass is 10.6. The lowest BCUT2D eigenvalue weighted by molar-refractivity contribution is 0.824. The SMILES string of the molecule is CCC[P+](C)(CCC)CCC.[OH-]. The standard InChI is InChI=1S/C10H24P.H2O/c1-5-8-11(4,9-6-2)10-7-3;/h5-10H2,1-4H3;1H2/q+1;/p-1. The van der Waals surface area contributed by atoms with Crippen LogP contribution in [0.4, 0.5) is 0 Å². The highest BCUT2D eigenvalue weighted by atomic mass is 31.2. The molecular weight excluding hydrogens is 167 g/mol. The van der Waals surface area contributed by atoms with Crippen LogP contribution in [0.5, 0.6) is 0 Å². The van der Waals surface area contributed by atoms with Gasteiger partial charge in [-0.25, -0.2) is 0 Å². The maximum absolute atomic E-state index is 2.56. The molecule has 0 saturated carbocycles. The number of rotatable bonds is 6. The molecule has 0 amide bonds. The summed E-state index contributed by atoms with van der Waals surface area (Å²) < 4.78 is 0. The molecule has 0 heterocycles. The molecule has 0 spiro atoms. The molecule has 0 rings (SSSR count). The molecule has 0 saturated heterocycles. The summed E-state index contributed by atoms with van der Waals surface area (Å²) in [5.41, 5.74) is 0. The zero-order valence-corrected chi connectivity index (χ0v) is 10.0. The molecule has 0 atom stereocenters. The van der Waals surface area contributed by atoms with Gasteiger partial charge in [0.05, 0.1) is 18.5 Å². The van der Waals surface area contributed by atoms with E-state index in [4.69, 9.17) is 0 Å². The third-order valence-electron chi connectivity index (χ3n) is 2.29. The van der Waals surface area contributed by atoms with Crippen LogP contribution < -0.4 is 0 Å². The van der Waals surface area contributed by atoms with E-state index in [0.717, 1.165) is 0 Å². The van der Waals surface area contributed by atoms with Crippen molar-refractivity contribution in [2.45, 2.75) is 40.0 Å². The zero-order valence-electron chi connectivity index (χ0n) is 9.14. The first-order valence-corrected chi connectivity index (χ1v) is 7.81. The van der Waals surface area contributed by atoms with Gasteiger partial charge in [0.2, 0.25) is 0 Å². The largest absolute Gasteiger partial charge is 0.870 e. The Bertz CT molecular complexity index is 76.8. The Hall–Kier alpha value is 0.390. The van der Waals surface area contributed by atoms with E-state index in [1.165, 1.54) is 37.7 Å². The Morgan fingerprint density at radius 3 is 1.17 bits per heavy atom. The highest BCUT2D eigenvalue weighted by Gasteiger charge is 2.27. The summed E-state index contributed by atoms with van der Waals surface area (Å²) in [6.45, 7) is 9.53. The average Bonchev–Trinajstić information content (AvgIpc) is 1.88. The van der Waals surface area contributed by atoms with Gasteiger partial charge in [-0.1, -0.05) is 20.8 Å². The summed E-state index contributed by atoms with van der Waals surface area (Å²) in [4.78, 5) is 0. The van der Waals surface area contributed by atoms with E-state index in [0.29, 0.717) is 0 Å². The first kappa shape index (κ1) is 14.9. The lowest BCUT2D eigenvalue weighted by Gasteiger charge is -2.21. The fourth-order valence-electron chi connectivity index (χ4n) is 1.95. The summed E-state index contributed by atoms with van der Waals surface area (Å²) in [6.07, 6.45) is 8.75. The molecule has 76 valence electrons. The van der Waals surface area contributed by atoms with Crippen LogP contribution in [0.1, 0.15) is 40.0 Å². The molecule has 0 aliphatic carbocycles. The normalized spacial score (nSPS) is 11.0. The summed E-state index contributed by atoms with van der Waals surface area (Å²) in [5.74, 6) is 0. The van der Waals surface area contributed by atoms with Crippen LogP contribution in [0.25, 0.3) is 0 Å². The fourth-order valence-corrected chi connectivity index (χ4v) is 5.86. The minimum Gasteiger partial charge on any atom is -0.870 e. The molecule has 0 radical (unpaired) electrons. The second kappa shape index (κ2) is 8.01. The van der Waals surface area contributed by atoms with E-state index in [1.54, 1.807) is 0 Å². The van der Waals surface area contributed by atoms with Gasteiger partial charge in [0.1, 0.15) is 0 Å². The van der Waals surface area contributed by atoms with Gasteiger partial charge >= 0.3 is 0 Å². The van der Waals surface area contributed by atoms with E-state index in [2.05, 4.69) is 27.4 Å². The topological polar surface area (TPSA) is 30.0 Å². The van der Waals surface area contributed by atoms with Crippen LogP contribution in [0.3, 0.4) is 0 Å². The molecule has 1 N–H and O–H groups in total. The van der Waals surface area contributed by atoms with Crippen LogP contribution >= 0.6 is 7.26 Å². The Kier molecular flexibility index (Phi) is 9.94. The fraction of sp³-hybridized carbons (Fsp3) is 1.00. The smallest absolute Gasteiger partial charge is 0.0589 e. The second-order valence-electron chi connectivity index (χ2n) is 3.79. The highest BCUT2D eigenvalue weighted by molar-refractivity contribution is 7.75. The third kappa shape index (κ3) is 5.97. The van der Waals surface area contributed by atoms with Gasteiger partial charge in [-0.15, -0.1) is 0 Å². The molecular formula is C10H25OP. The first-order chi connectivity index (χ1) is 5.18. The van der Waals surface area contributed by atoms with Crippen LogP contribution in [-0.4, -0.2) is 30.6 Å². The van der Waals surface area contributed by atoms with Crippen molar-refractivity contribution in [3.8, 4) is 0 Å². The average molecular weight is 192 g/mol. The molecule has 1 nitrogen and oxygen atoms in total. The van der Waals surface area contributed by atoms with E-state index in [-0.39, 0.29) is 5.48 Å². The molecule has 0 aliphatic heterocycles. The Labute approximate surface area is 78.6 Å². The molecule has 0 aromatic carbocycles. The number of hydrogen-bond acceptors (Lipinski definition) is 1. The van der Waals surface area contributed by atoms with Gasteiger partial charge < -0.3 is 5.48 Å². The lowest BCUT2D eigenvalue weighted by Crippen LogP contribution is -2.05. The van der Waals surface area contributed by atoms with Crippen molar-refractivity contribution in [1.82, 2.24) is 0 Å². The Morgan fingerprint density at radius 2 is 1.00 bits per heavy atom. The Morgan fingerprint density at radius 1 is 0.750 bits per heavy atom. The van der Waals surface area contributed by atoms with Gasteiger partial charge in [0, 0.05) is 13.9 Å². The van der Waals surface area contributed by atoms with Crippen molar-refractivity contribution in [2.24, 2.45) is 0 Å². The minimum absolute atomic E-state index is 0. The molecule has 0 bridgehead atoms. The van der Waals surface area contributed by atoms with Gasteiger partial charge in [0.15, 0.2) is 0 Å². The summed E-state index contributed by atoms with van der Waals surface area (Å²) >= 11 is 0. The predicted molar refractivity (Wildman–Crippen MR) is 60.3 cm³/mol.